The number of rotatable bonds is 5. The van der Waals surface area contributed by atoms with Crippen LogP contribution in [0.5, 0.6) is 0 Å². The van der Waals surface area contributed by atoms with Crippen molar-refractivity contribution in [3.63, 3.8) is 0 Å². The average Bonchev–Trinajstić information content (AvgIpc) is 2.69. The van der Waals surface area contributed by atoms with Crippen molar-refractivity contribution < 1.29 is 13.2 Å². The van der Waals surface area contributed by atoms with Crippen LogP contribution in [-0.4, -0.2) is 32.4 Å². The Kier molecular flexibility index (Phi) is 5.56. The maximum Gasteiger partial charge on any atom is 0.270 e. The predicted molar refractivity (Wildman–Crippen MR) is 101 cm³/mol. The number of carbonyl (C=O) groups excluding carboxylic acids is 1. The van der Waals surface area contributed by atoms with E-state index < -0.39 is 10.0 Å². The second-order valence-corrected chi connectivity index (χ2v) is 8.46. The van der Waals surface area contributed by atoms with E-state index in [1.165, 1.54) is 30.0 Å². The van der Waals surface area contributed by atoms with Crippen LogP contribution in [0.25, 0.3) is 0 Å². The number of anilines is 1. The van der Waals surface area contributed by atoms with Gasteiger partial charge in [-0.3, -0.25) is 14.1 Å². The highest BCUT2D eigenvalue weighted by atomic mass is 32.2. The summed E-state index contributed by atoms with van der Waals surface area (Å²) in [6, 6.07) is 11.5. The van der Waals surface area contributed by atoms with Crippen molar-refractivity contribution in [1.29, 1.82) is 0 Å². The fourth-order valence-electron chi connectivity index (χ4n) is 3.14. The molecule has 1 aliphatic rings. The highest BCUT2D eigenvalue weighted by Gasteiger charge is 2.23. The van der Waals surface area contributed by atoms with Gasteiger partial charge in [0.05, 0.1) is 10.6 Å². The number of pyridine rings is 1. The summed E-state index contributed by atoms with van der Waals surface area (Å²) in [6.45, 7) is 0. The molecule has 0 radical (unpaired) electrons. The van der Waals surface area contributed by atoms with Gasteiger partial charge in [-0.1, -0.05) is 37.5 Å². The molecule has 0 bridgehead atoms. The van der Waals surface area contributed by atoms with Gasteiger partial charge in [-0.05, 0) is 37.1 Å². The second-order valence-electron chi connectivity index (χ2n) is 6.49. The Morgan fingerprint density at radius 3 is 2.50 bits per heavy atom. The molecule has 3 rings (SSSR count). The summed E-state index contributed by atoms with van der Waals surface area (Å²) < 4.78 is 26.6. The van der Waals surface area contributed by atoms with E-state index in [1.807, 2.05) is 0 Å². The standard InChI is InChI=1S/C19H23N3O3S/c1-22(26(24,25)17-10-6-3-7-11-17)16-12-13-20-18(14-16)19(23)21-15-8-4-2-5-9-15/h3,6-7,10-15H,2,4-5,8-9H2,1H3,(H,21,23). The zero-order valence-electron chi connectivity index (χ0n) is 14.8. The summed E-state index contributed by atoms with van der Waals surface area (Å²) in [4.78, 5) is 16.8. The van der Waals surface area contributed by atoms with Crippen molar-refractivity contribution in [3.8, 4) is 0 Å². The number of hydrogen-bond donors (Lipinski definition) is 1. The van der Waals surface area contributed by atoms with Crippen LogP contribution in [-0.2, 0) is 10.0 Å². The number of nitrogens with one attached hydrogen (secondary N) is 1. The summed E-state index contributed by atoms with van der Waals surface area (Å²) in [7, 11) is -2.22. The summed E-state index contributed by atoms with van der Waals surface area (Å²) in [5.41, 5.74) is 0.626. The lowest BCUT2D eigenvalue weighted by Gasteiger charge is -2.23. The molecule has 1 aliphatic carbocycles. The van der Waals surface area contributed by atoms with Gasteiger partial charge in [0.1, 0.15) is 5.69 Å². The summed E-state index contributed by atoms with van der Waals surface area (Å²) in [6.07, 6.45) is 6.87. The first-order chi connectivity index (χ1) is 12.5. The molecule has 1 aromatic heterocycles. The number of sulfonamides is 1. The molecule has 7 heteroatoms. The number of benzene rings is 1. The minimum Gasteiger partial charge on any atom is -0.348 e. The Labute approximate surface area is 154 Å². The van der Waals surface area contributed by atoms with E-state index in [0.717, 1.165) is 25.7 Å². The Balaban J connectivity index is 1.79. The van der Waals surface area contributed by atoms with Gasteiger partial charge < -0.3 is 5.32 Å². The molecule has 1 aromatic carbocycles. The van der Waals surface area contributed by atoms with Crippen LogP contribution in [0.15, 0.2) is 53.6 Å². The van der Waals surface area contributed by atoms with E-state index in [1.54, 1.807) is 36.4 Å². The van der Waals surface area contributed by atoms with Gasteiger partial charge in [-0.25, -0.2) is 8.42 Å². The third kappa shape index (κ3) is 4.04. The molecule has 1 fully saturated rings. The van der Waals surface area contributed by atoms with Crippen LogP contribution in [0, 0.1) is 0 Å². The Morgan fingerprint density at radius 1 is 1.12 bits per heavy atom. The van der Waals surface area contributed by atoms with Crippen molar-refractivity contribution in [3.05, 3.63) is 54.4 Å². The first kappa shape index (κ1) is 18.4. The molecule has 0 unspecified atom stereocenters. The minimum absolute atomic E-state index is 0.174. The molecule has 1 N–H and O–H groups in total. The lowest BCUT2D eigenvalue weighted by molar-refractivity contribution is 0.0922. The van der Waals surface area contributed by atoms with Crippen molar-refractivity contribution in [2.75, 3.05) is 11.4 Å². The zero-order valence-corrected chi connectivity index (χ0v) is 15.6. The summed E-state index contributed by atoms with van der Waals surface area (Å²) in [5.74, 6) is -0.260. The van der Waals surface area contributed by atoms with E-state index in [4.69, 9.17) is 0 Å². The Bertz CT molecular complexity index is 863. The van der Waals surface area contributed by atoms with Gasteiger partial charge in [0, 0.05) is 19.3 Å². The molecule has 0 saturated heterocycles. The molecule has 0 aliphatic heterocycles. The van der Waals surface area contributed by atoms with Crippen LogP contribution in [0.1, 0.15) is 42.6 Å². The third-order valence-corrected chi connectivity index (χ3v) is 6.48. The zero-order chi connectivity index (χ0) is 18.6. The summed E-state index contributed by atoms with van der Waals surface area (Å²) in [5, 5.41) is 3.00. The molecular formula is C19H23N3O3S. The molecule has 138 valence electrons. The van der Waals surface area contributed by atoms with Crippen molar-refractivity contribution >= 4 is 21.6 Å². The van der Waals surface area contributed by atoms with Gasteiger partial charge >= 0.3 is 0 Å². The van der Waals surface area contributed by atoms with Crippen LogP contribution in [0.2, 0.25) is 0 Å². The van der Waals surface area contributed by atoms with E-state index >= 15 is 0 Å². The molecular weight excluding hydrogens is 350 g/mol. The fourth-order valence-corrected chi connectivity index (χ4v) is 4.34. The maximum absolute atomic E-state index is 12.7. The van der Waals surface area contributed by atoms with Gasteiger partial charge in [0.2, 0.25) is 0 Å². The predicted octanol–water partition coefficient (Wildman–Crippen LogP) is 2.97. The van der Waals surface area contributed by atoms with Crippen LogP contribution in [0.3, 0.4) is 0 Å². The van der Waals surface area contributed by atoms with Crippen LogP contribution >= 0.6 is 0 Å². The SMILES string of the molecule is CN(c1ccnc(C(=O)NC2CCCCC2)c1)S(=O)(=O)c1ccccc1. The quantitative estimate of drug-likeness (QED) is 0.874. The molecule has 1 amide bonds. The molecule has 6 nitrogen and oxygen atoms in total. The van der Waals surface area contributed by atoms with Gasteiger partial charge in [-0.15, -0.1) is 0 Å². The van der Waals surface area contributed by atoms with Crippen molar-refractivity contribution in [2.45, 2.75) is 43.0 Å². The van der Waals surface area contributed by atoms with Gasteiger partial charge in [-0.2, -0.15) is 0 Å². The minimum atomic E-state index is -3.69. The van der Waals surface area contributed by atoms with E-state index in [0.29, 0.717) is 5.69 Å². The molecule has 0 atom stereocenters. The highest BCUT2D eigenvalue weighted by Crippen LogP contribution is 2.22. The number of carbonyl (C=O) groups is 1. The summed E-state index contributed by atoms with van der Waals surface area (Å²) >= 11 is 0. The smallest absolute Gasteiger partial charge is 0.270 e. The second kappa shape index (κ2) is 7.86. The Morgan fingerprint density at radius 2 is 1.81 bits per heavy atom. The molecule has 2 aromatic rings. The lowest BCUT2D eigenvalue weighted by Crippen LogP contribution is -2.36. The number of aromatic nitrogens is 1. The highest BCUT2D eigenvalue weighted by molar-refractivity contribution is 7.92. The number of amides is 1. The maximum atomic E-state index is 12.7. The third-order valence-electron chi connectivity index (χ3n) is 4.68. The van der Waals surface area contributed by atoms with E-state index in [9.17, 15) is 13.2 Å². The molecule has 0 spiro atoms. The van der Waals surface area contributed by atoms with Crippen molar-refractivity contribution in [1.82, 2.24) is 10.3 Å². The van der Waals surface area contributed by atoms with Crippen LogP contribution in [0.4, 0.5) is 5.69 Å². The van der Waals surface area contributed by atoms with E-state index in [2.05, 4.69) is 10.3 Å². The normalized spacial score (nSPS) is 15.4. The Hall–Kier alpha value is -2.41. The average molecular weight is 373 g/mol. The molecule has 1 saturated carbocycles. The number of hydrogen-bond acceptors (Lipinski definition) is 4. The number of nitrogens with zero attached hydrogens (tertiary/aromatic N) is 2. The van der Waals surface area contributed by atoms with Gasteiger partial charge in [0.25, 0.3) is 15.9 Å². The van der Waals surface area contributed by atoms with E-state index in [-0.39, 0.29) is 22.5 Å². The first-order valence-corrected chi connectivity index (χ1v) is 10.2. The lowest BCUT2D eigenvalue weighted by atomic mass is 9.95. The fraction of sp³-hybridized carbons (Fsp3) is 0.368. The monoisotopic (exact) mass is 373 g/mol. The topological polar surface area (TPSA) is 79.4 Å². The molecule has 1 heterocycles. The van der Waals surface area contributed by atoms with Crippen LogP contribution < -0.4 is 9.62 Å². The molecule has 26 heavy (non-hydrogen) atoms. The first-order valence-electron chi connectivity index (χ1n) is 8.79. The van der Waals surface area contributed by atoms with Crippen molar-refractivity contribution in [2.24, 2.45) is 0 Å². The van der Waals surface area contributed by atoms with Gasteiger partial charge in [0.15, 0.2) is 0 Å². The largest absolute Gasteiger partial charge is 0.348 e.